The van der Waals surface area contributed by atoms with Gasteiger partial charge in [-0.15, -0.1) is 10.2 Å². The zero-order chi connectivity index (χ0) is 15.9. The summed E-state index contributed by atoms with van der Waals surface area (Å²) >= 11 is 1.07. The molecule has 0 saturated carbocycles. The van der Waals surface area contributed by atoms with Crippen LogP contribution in [-0.4, -0.2) is 40.3 Å². The van der Waals surface area contributed by atoms with Crippen LogP contribution in [0.2, 0.25) is 0 Å². The van der Waals surface area contributed by atoms with Gasteiger partial charge in [0.1, 0.15) is 5.82 Å². The van der Waals surface area contributed by atoms with Crippen molar-refractivity contribution in [1.29, 1.82) is 5.26 Å². The molecule has 0 unspecified atom stereocenters. The predicted octanol–water partition coefficient (Wildman–Crippen LogP) is 2.34. The van der Waals surface area contributed by atoms with E-state index in [2.05, 4.69) is 10.2 Å². The second-order valence-electron chi connectivity index (χ2n) is 4.37. The van der Waals surface area contributed by atoms with E-state index < -0.39 is 5.82 Å². The first-order valence-electron chi connectivity index (χ1n) is 6.44. The van der Waals surface area contributed by atoms with Crippen LogP contribution < -0.4 is 0 Å². The Balaban J connectivity index is 1.94. The summed E-state index contributed by atoms with van der Waals surface area (Å²) in [6.45, 7) is 0.375. The molecule has 1 aromatic heterocycles. The van der Waals surface area contributed by atoms with E-state index in [4.69, 9.17) is 9.68 Å². The van der Waals surface area contributed by atoms with Crippen molar-refractivity contribution in [2.75, 3.05) is 19.3 Å². The maximum Gasteiger partial charge on any atom is 0.277 e. The standard InChI is InChI=1S/C14H13FN4O2S/c1-19(8-4-7-16)12(20)9-22-14-18-17-13(21-14)10-5-2-3-6-11(10)15/h2-3,5-6H,4,8-9H2,1H3. The molecule has 114 valence electrons. The average molecular weight is 320 g/mol. The lowest BCUT2D eigenvalue weighted by atomic mass is 10.2. The van der Waals surface area contributed by atoms with Crippen molar-refractivity contribution in [2.24, 2.45) is 0 Å². The summed E-state index contributed by atoms with van der Waals surface area (Å²) in [5, 5.41) is 16.2. The third kappa shape index (κ3) is 4.05. The number of nitriles is 1. The Kier molecular flexibility index (Phi) is 5.49. The lowest BCUT2D eigenvalue weighted by Gasteiger charge is -2.13. The molecule has 2 rings (SSSR count). The Morgan fingerprint density at radius 3 is 2.95 bits per heavy atom. The molecular weight excluding hydrogens is 307 g/mol. The van der Waals surface area contributed by atoms with Gasteiger partial charge < -0.3 is 9.32 Å². The first-order chi connectivity index (χ1) is 10.6. The van der Waals surface area contributed by atoms with Gasteiger partial charge in [0.2, 0.25) is 5.91 Å². The minimum Gasteiger partial charge on any atom is -0.411 e. The molecule has 0 aliphatic rings. The molecule has 1 amide bonds. The Labute approximate surface area is 130 Å². The summed E-state index contributed by atoms with van der Waals surface area (Å²) in [4.78, 5) is 13.3. The lowest BCUT2D eigenvalue weighted by Crippen LogP contribution is -2.29. The van der Waals surface area contributed by atoms with Gasteiger partial charge >= 0.3 is 0 Å². The van der Waals surface area contributed by atoms with Crippen molar-refractivity contribution in [3.05, 3.63) is 30.1 Å². The molecule has 0 aliphatic heterocycles. The number of amides is 1. The van der Waals surface area contributed by atoms with E-state index in [1.807, 2.05) is 6.07 Å². The molecule has 0 saturated heterocycles. The summed E-state index contributed by atoms with van der Waals surface area (Å²) in [6, 6.07) is 8.06. The summed E-state index contributed by atoms with van der Waals surface area (Å²) in [7, 11) is 1.62. The lowest BCUT2D eigenvalue weighted by molar-refractivity contribution is -0.127. The van der Waals surface area contributed by atoms with Crippen LogP contribution >= 0.6 is 11.8 Å². The maximum absolute atomic E-state index is 13.6. The van der Waals surface area contributed by atoms with Gasteiger partial charge in [0.15, 0.2) is 0 Å². The quantitative estimate of drug-likeness (QED) is 0.760. The molecule has 0 spiro atoms. The number of nitrogens with zero attached hydrogens (tertiary/aromatic N) is 4. The van der Waals surface area contributed by atoms with Crippen LogP contribution in [0.25, 0.3) is 11.5 Å². The van der Waals surface area contributed by atoms with Crippen molar-refractivity contribution >= 4 is 17.7 Å². The topological polar surface area (TPSA) is 83.0 Å². The van der Waals surface area contributed by atoms with Gasteiger partial charge in [-0.2, -0.15) is 5.26 Å². The van der Waals surface area contributed by atoms with E-state index in [1.165, 1.54) is 17.0 Å². The summed E-state index contributed by atoms with van der Waals surface area (Å²) < 4.78 is 18.9. The molecule has 0 N–H and O–H groups in total. The minimum atomic E-state index is -0.449. The fourth-order valence-corrected chi connectivity index (χ4v) is 2.29. The molecule has 0 radical (unpaired) electrons. The molecule has 0 fully saturated rings. The van der Waals surface area contributed by atoms with Crippen LogP contribution in [0.4, 0.5) is 4.39 Å². The summed E-state index contributed by atoms with van der Waals surface area (Å²) in [5.41, 5.74) is 0.222. The SMILES string of the molecule is CN(CCC#N)C(=O)CSc1nnc(-c2ccccc2F)o1. The molecule has 0 bridgehead atoms. The number of benzene rings is 1. The number of carbonyl (C=O) groups excluding carboxylic acids is 1. The van der Waals surface area contributed by atoms with E-state index in [-0.39, 0.29) is 34.8 Å². The van der Waals surface area contributed by atoms with E-state index >= 15 is 0 Å². The molecular formula is C14H13FN4O2S. The molecule has 22 heavy (non-hydrogen) atoms. The molecule has 6 nitrogen and oxygen atoms in total. The Morgan fingerprint density at radius 2 is 2.23 bits per heavy atom. The third-order valence-corrected chi connectivity index (χ3v) is 3.62. The van der Waals surface area contributed by atoms with Crippen LogP contribution in [0.15, 0.2) is 33.9 Å². The van der Waals surface area contributed by atoms with Crippen LogP contribution in [0.3, 0.4) is 0 Å². The number of hydrogen-bond acceptors (Lipinski definition) is 6. The zero-order valence-electron chi connectivity index (χ0n) is 11.8. The van der Waals surface area contributed by atoms with Crippen LogP contribution in [0, 0.1) is 17.1 Å². The highest BCUT2D eigenvalue weighted by Crippen LogP contribution is 2.25. The molecule has 2 aromatic rings. The monoisotopic (exact) mass is 320 g/mol. The van der Waals surface area contributed by atoms with Crippen molar-refractivity contribution in [1.82, 2.24) is 15.1 Å². The predicted molar refractivity (Wildman–Crippen MR) is 78.3 cm³/mol. The third-order valence-electron chi connectivity index (χ3n) is 2.81. The van der Waals surface area contributed by atoms with Crippen LogP contribution in [-0.2, 0) is 4.79 Å². The molecule has 1 heterocycles. The fourth-order valence-electron chi connectivity index (χ4n) is 1.59. The van der Waals surface area contributed by atoms with E-state index in [0.717, 1.165) is 11.8 Å². The van der Waals surface area contributed by atoms with Gasteiger partial charge in [-0.05, 0) is 12.1 Å². The highest BCUT2D eigenvalue weighted by molar-refractivity contribution is 7.99. The van der Waals surface area contributed by atoms with E-state index in [9.17, 15) is 9.18 Å². The number of aromatic nitrogens is 2. The zero-order valence-corrected chi connectivity index (χ0v) is 12.6. The van der Waals surface area contributed by atoms with Gasteiger partial charge in [0.05, 0.1) is 23.8 Å². The molecule has 0 atom stereocenters. The molecule has 8 heteroatoms. The fraction of sp³-hybridized carbons (Fsp3) is 0.286. The van der Waals surface area contributed by atoms with Gasteiger partial charge in [-0.3, -0.25) is 4.79 Å². The minimum absolute atomic E-state index is 0.0749. The smallest absolute Gasteiger partial charge is 0.277 e. The van der Waals surface area contributed by atoms with Gasteiger partial charge in [0, 0.05) is 13.6 Å². The summed E-state index contributed by atoms with van der Waals surface area (Å²) in [5.74, 6) is -0.410. The highest BCUT2D eigenvalue weighted by atomic mass is 32.2. The second-order valence-corrected chi connectivity index (χ2v) is 5.29. The number of thioether (sulfide) groups is 1. The molecule has 1 aromatic carbocycles. The second kappa shape index (κ2) is 7.56. The number of rotatable bonds is 6. The van der Waals surface area contributed by atoms with Crippen molar-refractivity contribution in [2.45, 2.75) is 11.6 Å². The largest absolute Gasteiger partial charge is 0.411 e. The van der Waals surface area contributed by atoms with Crippen molar-refractivity contribution in [3.63, 3.8) is 0 Å². The first kappa shape index (κ1) is 16.0. The Hall–Kier alpha value is -2.40. The number of carbonyl (C=O) groups is 1. The highest BCUT2D eigenvalue weighted by Gasteiger charge is 2.15. The van der Waals surface area contributed by atoms with E-state index in [1.54, 1.807) is 19.2 Å². The van der Waals surface area contributed by atoms with Crippen LogP contribution in [0.5, 0.6) is 0 Å². The summed E-state index contributed by atoms with van der Waals surface area (Å²) in [6.07, 6.45) is 0.283. The van der Waals surface area contributed by atoms with Crippen LogP contribution in [0.1, 0.15) is 6.42 Å². The van der Waals surface area contributed by atoms with Gasteiger partial charge in [-0.1, -0.05) is 23.9 Å². The maximum atomic E-state index is 13.6. The average Bonchev–Trinajstić information content (AvgIpc) is 2.99. The van der Waals surface area contributed by atoms with Crippen molar-refractivity contribution < 1.29 is 13.6 Å². The van der Waals surface area contributed by atoms with Crippen molar-refractivity contribution in [3.8, 4) is 17.5 Å². The number of hydrogen-bond donors (Lipinski definition) is 0. The van der Waals surface area contributed by atoms with E-state index in [0.29, 0.717) is 6.54 Å². The normalized spacial score (nSPS) is 10.2. The Bertz CT molecular complexity index is 698. The van der Waals surface area contributed by atoms with Gasteiger partial charge in [0.25, 0.3) is 11.1 Å². The molecule has 0 aliphatic carbocycles. The Morgan fingerprint density at radius 1 is 1.45 bits per heavy atom. The number of halogens is 1. The van der Waals surface area contributed by atoms with Gasteiger partial charge in [-0.25, -0.2) is 4.39 Å². The first-order valence-corrected chi connectivity index (χ1v) is 7.42.